The highest BCUT2D eigenvalue weighted by Gasteiger charge is 2.30. The third-order valence-electron chi connectivity index (χ3n) is 12.1. The summed E-state index contributed by atoms with van der Waals surface area (Å²) in [6.07, 6.45) is 50.2. The van der Waals surface area contributed by atoms with E-state index in [2.05, 4.69) is 38.2 Å². The number of quaternary nitrogens is 1. The van der Waals surface area contributed by atoms with Gasteiger partial charge in [0, 0.05) is 12.8 Å². The first kappa shape index (κ1) is 62.5. The molecule has 0 aromatic rings. The van der Waals surface area contributed by atoms with E-state index in [1.807, 2.05) is 33.3 Å². The number of ether oxygens (including phenoxy) is 1. The first-order valence-corrected chi connectivity index (χ1v) is 28.7. The molecule has 64 heavy (non-hydrogen) atoms. The first-order valence-electron chi connectivity index (χ1n) is 27.2. The van der Waals surface area contributed by atoms with Crippen LogP contribution >= 0.6 is 7.82 Å². The molecular weight excluding hydrogens is 820 g/mol. The molecular formula is C54H106N2O7P+. The zero-order chi connectivity index (χ0) is 47.3. The van der Waals surface area contributed by atoms with Crippen LogP contribution in [0, 0.1) is 0 Å². The second kappa shape index (κ2) is 45.3. The maximum atomic E-state index is 13.4. The van der Waals surface area contributed by atoms with E-state index >= 15 is 0 Å². The van der Waals surface area contributed by atoms with Crippen molar-refractivity contribution in [3.05, 3.63) is 24.3 Å². The maximum Gasteiger partial charge on any atom is 0.472 e. The van der Waals surface area contributed by atoms with Gasteiger partial charge in [-0.15, -0.1) is 0 Å². The summed E-state index contributed by atoms with van der Waals surface area (Å²) in [6.45, 7) is 6.98. The average molecular weight is 926 g/mol. The second-order valence-corrected chi connectivity index (χ2v) is 21.2. The molecule has 0 saturated heterocycles. The van der Waals surface area contributed by atoms with Crippen LogP contribution in [-0.4, -0.2) is 74.3 Å². The predicted octanol–water partition coefficient (Wildman–Crippen LogP) is 15.8. The topological polar surface area (TPSA) is 111 Å². The Morgan fingerprint density at radius 3 is 1.38 bits per heavy atom. The standard InChI is InChI=1S/C54H105N2O7P/c1-7-10-13-16-19-22-25-27-29-32-34-37-40-43-46-53(57)55-51(50-62-64(59,60)61-49-48-56(4,5)6)52(45-42-39-36-33-31-28-26-23-20-17-14-11-8-2)63-54(58)47-44-41-38-35-30-24-21-18-15-12-9-3/h18,21,42,45,51-52H,7-17,19-20,22-41,43-44,46-50H2,1-6H3,(H-,55,57,59,60)/p+1/b21-18-,45-42+. The summed E-state index contributed by atoms with van der Waals surface area (Å²) in [4.78, 5) is 37.4. The van der Waals surface area contributed by atoms with E-state index in [4.69, 9.17) is 13.8 Å². The van der Waals surface area contributed by atoms with Crippen LogP contribution in [0.25, 0.3) is 0 Å². The molecule has 10 heteroatoms. The Labute approximate surface area is 396 Å². The second-order valence-electron chi connectivity index (χ2n) is 19.8. The van der Waals surface area contributed by atoms with Gasteiger partial charge in [-0.25, -0.2) is 4.57 Å². The Balaban J connectivity index is 5.40. The fourth-order valence-electron chi connectivity index (χ4n) is 7.86. The number of nitrogens with one attached hydrogen (secondary N) is 1. The van der Waals surface area contributed by atoms with Gasteiger partial charge in [0.1, 0.15) is 19.3 Å². The SMILES string of the molecule is CCCC/C=C\CCCCCCCC(=O)OC(/C=C/CCCCCCCCCCCCC)C(COP(=O)(O)OCC[N+](C)(C)C)NC(=O)CCCCCCCCCCCCCCCC. The molecule has 3 unspecified atom stereocenters. The number of unbranched alkanes of at least 4 members (excludes halogenated alkanes) is 31. The van der Waals surface area contributed by atoms with Crippen molar-refractivity contribution in [3.63, 3.8) is 0 Å². The molecule has 0 heterocycles. The number of likely N-dealkylation sites (N-methyl/N-ethyl adjacent to an activating group) is 1. The van der Waals surface area contributed by atoms with E-state index in [0.29, 0.717) is 17.4 Å². The van der Waals surface area contributed by atoms with Crippen LogP contribution in [0.3, 0.4) is 0 Å². The number of carbonyl (C=O) groups is 2. The molecule has 1 amide bonds. The Morgan fingerprint density at radius 2 is 0.922 bits per heavy atom. The van der Waals surface area contributed by atoms with Crippen molar-refractivity contribution in [2.45, 2.75) is 270 Å². The summed E-state index contributed by atoms with van der Waals surface area (Å²) in [6, 6.07) is -0.843. The minimum Gasteiger partial charge on any atom is -0.456 e. The quantitative estimate of drug-likeness (QED) is 0.0205. The first-order chi connectivity index (χ1) is 30.9. The van der Waals surface area contributed by atoms with Crippen LogP contribution in [-0.2, 0) is 27.9 Å². The monoisotopic (exact) mass is 926 g/mol. The van der Waals surface area contributed by atoms with Crippen molar-refractivity contribution >= 4 is 19.7 Å². The molecule has 0 aliphatic heterocycles. The number of esters is 1. The lowest BCUT2D eigenvalue weighted by atomic mass is 10.0. The summed E-state index contributed by atoms with van der Waals surface area (Å²) < 4.78 is 30.5. The number of rotatable bonds is 49. The molecule has 0 aromatic heterocycles. The van der Waals surface area contributed by atoms with Crippen LogP contribution in [0.5, 0.6) is 0 Å². The van der Waals surface area contributed by atoms with Gasteiger partial charge >= 0.3 is 13.8 Å². The predicted molar refractivity (Wildman–Crippen MR) is 273 cm³/mol. The number of allylic oxidation sites excluding steroid dienone is 3. The molecule has 3 atom stereocenters. The van der Waals surface area contributed by atoms with Crippen LogP contribution in [0.4, 0.5) is 0 Å². The van der Waals surface area contributed by atoms with Crippen molar-refractivity contribution in [2.75, 3.05) is 40.9 Å². The highest BCUT2D eigenvalue weighted by Crippen LogP contribution is 2.43. The van der Waals surface area contributed by atoms with Gasteiger partial charge in [-0.05, 0) is 51.0 Å². The number of phosphoric acid groups is 1. The molecule has 9 nitrogen and oxygen atoms in total. The van der Waals surface area contributed by atoms with E-state index in [-0.39, 0.29) is 31.5 Å². The number of phosphoric ester groups is 1. The lowest BCUT2D eigenvalue weighted by Gasteiger charge is -2.27. The highest BCUT2D eigenvalue weighted by atomic mass is 31.2. The molecule has 0 aliphatic rings. The van der Waals surface area contributed by atoms with Crippen molar-refractivity contribution in [3.8, 4) is 0 Å². The summed E-state index contributed by atoms with van der Waals surface area (Å²) in [5, 5.41) is 3.04. The Bertz CT molecular complexity index is 1160. The Morgan fingerprint density at radius 1 is 0.531 bits per heavy atom. The zero-order valence-corrected chi connectivity index (χ0v) is 43.9. The Kier molecular flexibility index (Phi) is 44.2. The minimum atomic E-state index is -4.43. The van der Waals surface area contributed by atoms with Crippen LogP contribution in [0.15, 0.2) is 24.3 Å². The number of hydrogen-bond acceptors (Lipinski definition) is 6. The molecule has 378 valence electrons. The number of nitrogens with zero attached hydrogens (tertiary/aromatic N) is 1. The van der Waals surface area contributed by atoms with E-state index in [1.54, 1.807) is 0 Å². The van der Waals surface area contributed by atoms with E-state index in [1.165, 1.54) is 141 Å². The summed E-state index contributed by atoms with van der Waals surface area (Å²) in [5.41, 5.74) is 0. The van der Waals surface area contributed by atoms with Gasteiger partial charge in [0.05, 0.1) is 33.8 Å². The average Bonchev–Trinajstić information content (AvgIpc) is 3.25. The zero-order valence-electron chi connectivity index (χ0n) is 43.0. The van der Waals surface area contributed by atoms with Gasteiger partial charge in [0.25, 0.3) is 0 Å². The number of hydrogen-bond donors (Lipinski definition) is 2. The molecule has 2 N–H and O–H groups in total. The normalized spacial score (nSPS) is 14.0. The third-order valence-corrected chi connectivity index (χ3v) is 13.1. The van der Waals surface area contributed by atoms with E-state index in [0.717, 1.165) is 83.5 Å². The van der Waals surface area contributed by atoms with Gasteiger partial charge < -0.3 is 19.4 Å². The van der Waals surface area contributed by atoms with Crippen molar-refractivity contribution in [1.29, 1.82) is 0 Å². The van der Waals surface area contributed by atoms with E-state index in [9.17, 15) is 19.0 Å². The number of amides is 1. The molecule has 0 bridgehead atoms. The van der Waals surface area contributed by atoms with Crippen molar-refractivity contribution in [1.82, 2.24) is 5.32 Å². The summed E-state index contributed by atoms with van der Waals surface area (Å²) in [7, 11) is 1.50. The van der Waals surface area contributed by atoms with Gasteiger partial charge in [-0.2, -0.15) is 0 Å². The maximum absolute atomic E-state index is 13.4. The molecule has 0 spiro atoms. The molecule has 0 radical (unpaired) electrons. The van der Waals surface area contributed by atoms with Gasteiger partial charge in [0.15, 0.2) is 0 Å². The van der Waals surface area contributed by atoms with Gasteiger partial charge in [-0.3, -0.25) is 18.6 Å². The molecule has 0 saturated carbocycles. The van der Waals surface area contributed by atoms with Gasteiger partial charge in [0.2, 0.25) is 5.91 Å². The fraction of sp³-hybridized carbons (Fsp3) is 0.889. The van der Waals surface area contributed by atoms with Gasteiger partial charge in [-0.1, -0.05) is 219 Å². The fourth-order valence-corrected chi connectivity index (χ4v) is 8.60. The molecule has 0 aromatic carbocycles. The highest BCUT2D eigenvalue weighted by molar-refractivity contribution is 7.47. The largest absolute Gasteiger partial charge is 0.472 e. The molecule has 0 rings (SSSR count). The lowest BCUT2D eigenvalue weighted by Crippen LogP contribution is -2.47. The molecule has 0 fully saturated rings. The smallest absolute Gasteiger partial charge is 0.456 e. The minimum absolute atomic E-state index is 0.0420. The molecule has 0 aliphatic carbocycles. The Hall–Kier alpha value is -1.51. The summed E-state index contributed by atoms with van der Waals surface area (Å²) in [5.74, 6) is -0.507. The number of carbonyl (C=O) groups excluding carboxylic acids is 2. The summed E-state index contributed by atoms with van der Waals surface area (Å²) >= 11 is 0. The van der Waals surface area contributed by atoms with Crippen LogP contribution in [0.1, 0.15) is 258 Å². The van der Waals surface area contributed by atoms with E-state index < -0.39 is 20.0 Å². The third kappa shape index (κ3) is 45.6. The van der Waals surface area contributed by atoms with Crippen molar-refractivity contribution in [2.24, 2.45) is 0 Å². The lowest BCUT2D eigenvalue weighted by molar-refractivity contribution is -0.870. The van der Waals surface area contributed by atoms with Crippen LogP contribution < -0.4 is 5.32 Å². The van der Waals surface area contributed by atoms with Crippen LogP contribution in [0.2, 0.25) is 0 Å². The van der Waals surface area contributed by atoms with Crippen molar-refractivity contribution < 1.29 is 37.3 Å².